The molecule has 0 saturated carbocycles. The normalized spacial score (nSPS) is 10.5. The van der Waals surface area contributed by atoms with E-state index >= 15 is 0 Å². The predicted molar refractivity (Wildman–Crippen MR) is 72.1 cm³/mol. The van der Waals surface area contributed by atoms with Gasteiger partial charge in [-0.05, 0) is 26.2 Å². The lowest BCUT2D eigenvalue weighted by molar-refractivity contribution is -0.119. The van der Waals surface area contributed by atoms with Gasteiger partial charge in [0.1, 0.15) is 11.6 Å². The lowest BCUT2D eigenvalue weighted by Crippen LogP contribution is -1.97. The molecule has 0 radical (unpaired) electrons. The van der Waals surface area contributed by atoms with Crippen molar-refractivity contribution in [1.29, 1.82) is 0 Å². The first-order chi connectivity index (χ1) is 8.16. The van der Waals surface area contributed by atoms with E-state index in [1.54, 1.807) is 6.92 Å². The standard InChI is InChI=1S/C15H28O2/c1-3-4-12-15(17)13-10-8-6-5-7-9-11-14(2)16/h3-13H2,1-2H3. The van der Waals surface area contributed by atoms with Gasteiger partial charge in [-0.15, -0.1) is 0 Å². The summed E-state index contributed by atoms with van der Waals surface area (Å²) in [7, 11) is 0. The fraction of sp³-hybridized carbons (Fsp3) is 0.867. The Labute approximate surface area is 106 Å². The summed E-state index contributed by atoms with van der Waals surface area (Å²) >= 11 is 0. The first kappa shape index (κ1) is 16.3. The minimum absolute atomic E-state index is 0.298. The maximum atomic E-state index is 11.4. The van der Waals surface area contributed by atoms with Crippen molar-refractivity contribution in [2.24, 2.45) is 0 Å². The summed E-state index contributed by atoms with van der Waals surface area (Å²) < 4.78 is 0. The number of hydrogen-bond acceptors (Lipinski definition) is 2. The molecule has 0 spiro atoms. The number of carbonyl (C=O) groups excluding carboxylic acids is 2. The molecule has 0 aromatic carbocycles. The van der Waals surface area contributed by atoms with Crippen molar-refractivity contribution in [3.05, 3.63) is 0 Å². The van der Waals surface area contributed by atoms with E-state index in [2.05, 4.69) is 6.92 Å². The van der Waals surface area contributed by atoms with E-state index < -0.39 is 0 Å². The van der Waals surface area contributed by atoms with E-state index in [1.807, 2.05) is 0 Å². The molecule has 0 rings (SSSR count). The van der Waals surface area contributed by atoms with Gasteiger partial charge < -0.3 is 4.79 Å². The maximum Gasteiger partial charge on any atom is 0.132 e. The Morgan fingerprint density at radius 2 is 1.18 bits per heavy atom. The predicted octanol–water partition coefficient (Wildman–Crippen LogP) is 4.46. The third-order valence-electron chi connectivity index (χ3n) is 3.04. The van der Waals surface area contributed by atoms with Crippen LogP contribution in [0.2, 0.25) is 0 Å². The minimum Gasteiger partial charge on any atom is -0.300 e. The summed E-state index contributed by atoms with van der Waals surface area (Å²) in [4.78, 5) is 22.1. The number of Topliss-reactive ketones (excluding diaryl/α,β-unsaturated/α-hetero) is 2. The van der Waals surface area contributed by atoms with Crippen LogP contribution in [0.3, 0.4) is 0 Å². The smallest absolute Gasteiger partial charge is 0.132 e. The average molecular weight is 240 g/mol. The van der Waals surface area contributed by atoms with Gasteiger partial charge in [-0.1, -0.05) is 39.0 Å². The Balaban J connectivity index is 3.12. The molecule has 0 aliphatic rings. The Morgan fingerprint density at radius 1 is 0.706 bits per heavy atom. The molecule has 17 heavy (non-hydrogen) atoms. The maximum absolute atomic E-state index is 11.4. The van der Waals surface area contributed by atoms with Gasteiger partial charge in [0.2, 0.25) is 0 Å². The fourth-order valence-corrected chi connectivity index (χ4v) is 1.90. The van der Waals surface area contributed by atoms with Gasteiger partial charge in [0.05, 0.1) is 0 Å². The zero-order chi connectivity index (χ0) is 12.9. The zero-order valence-electron chi connectivity index (χ0n) is 11.6. The summed E-state index contributed by atoms with van der Waals surface area (Å²) in [5.74, 6) is 0.731. The monoisotopic (exact) mass is 240 g/mol. The molecule has 0 N–H and O–H groups in total. The highest BCUT2D eigenvalue weighted by Crippen LogP contribution is 2.10. The minimum atomic E-state index is 0.298. The average Bonchev–Trinajstić information content (AvgIpc) is 2.29. The summed E-state index contributed by atoms with van der Waals surface area (Å²) in [6.07, 6.45) is 11.3. The highest BCUT2D eigenvalue weighted by atomic mass is 16.1. The molecule has 0 fully saturated rings. The van der Waals surface area contributed by atoms with E-state index in [0.29, 0.717) is 11.6 Å². The van der Waals surface area contributed by atoms with Crippen molar-refractivity contribution < 1.29 is 9.59 Å². The summed E-state index contributed by atoms with van der Waals surface area (Å²) in [5, 5.41) is 0. The summed E-state index contributed by atoms with van der Waals surface area (Å²) in [6, 6.07) is 0. The van der Waals surface area contributed by atoms with Gasteiger partial charge in [0.15, 0.2) is 0 Å². The molecule has 2 nitrogen and oxygen atoms in total. The van der Waals surface area contributed by atoms with E-state index in [0.717, 1.165) is 57.8 Å². The first-order valence-corrected chi connectivity index (χ1v) is 7.18. The van der Waals surface area contributed by atoms with Gasteiger partial charge >= 0.3 is 0 Å². The van der Waals surface area contributed by atoms with E-state index in [1.165, 1.54) is 12.8 Å². The van der Waals surface area contributed by atoms with Crippen LogP contribution in [0.15, 0.2) is 0 Å². The molecule has 0 bridgehead atoms. The lowest BCUT2D eigenvalue weighted by atomic mass is 10.0. The van der Waals surface area contributed by atoms with Crippen molar-refractivity contribution in [2.45, 2.75) is 84.5 Å². The topological polar surface area (TPSA) is 34.1 Å². The molecule has 0 aromatic heterocycles. The molecule has 0 aliphatic heterocycles. The van der Waals surface area contributed by atoms with Crippen LogP contribution in [0.4, 0.5) is 0 Å². The fourth-order valence-electron chi connectivity index (χ4n) is 1.90. The number of rotatable bonds is 12. The highest BCUT2D eigenvalue weighted by molar-refractivity contribution is 5.78. The molecule has 0 heterocycles. The van der Waals surface area contributed by atoms with Gasteiger partial charge in [0, 0.05) is 19.3 Å². The quantitative estimate of drug-likeness (QED) is 0.472. The lowest BCUT2D eigenvalue weighted by Gasteiger charge is -2.01. The van der Waals surface area contributed by atoms with Crippen LogP contribution in [0, 0.1) is 0 Å². The summed E-state index contributed by atoms with van der Waals surface area (Å²) in [5.41, 5.74) is 0. The highest BCUT2D eigenvalue weighted by Gasteiger charge is 2.00. The number of unbranched alkanes of at least 4 members (excludes halogenated alkanes) is 6. The van der Waals surface area contributed by atoms with E-state index in [-0.39, 0.29) is 0 Å². The van der Waals surface area contributed by atoms with Crippen LogP contribution >= 0.6 is 0 Å². The molecule has 0 atom stereocenters. The van der Waals surface area contributed by atoms with E-state index in [9.17, 15) is 9.59 Å². The van der Waals surface area contributed by atoms with Gasteiger partial charge in [-0.25, -0.2) is 0 Å². The molecule has 0 saturated heterocycles. The molecule has 100 valence electrons. The van der Waals surface area contributed by atoms with Gasteiger partial charge in [-0.2, -0.15) is 0 Å². The number of ketones is 2. The zero-order valence-corrected chi connectivity index (χ0v) is 11.6. The van der Waals surface area contributed by atoms with Crippen LogP contribution in [-0.2, 0) is 9.59 Å². The molecule has 0 unspecified atom stereocenters. The van der Waals surface area contributed by atoms with E-state index in [4.69, 9.17) is 0 Å². The van der Waals surface area contributed by atoms with Crippen LogP contribution < -0.4 is 0 Å². The Morgan fingerprint density at radius 3 is 1.71 bits per heavy atom. The number of carbonyl (C=O) groups is 2. The van der Waals surface area contributed by atoms with Crippen molar-refractivity contribution in [3.63, 3.8) is 0 Å². The second-order valence-corrected chi connectivity index (χ2v) is 4.97. The summed E-state index contributed by atoms with van der Waals surface area (Å²) in [6.45, 7) is 3.77. The third kappa shape index (κ3) is 13.3. The first-order valence-electron chi connectivity index (χ1n) is 7.18. The van der Waals surface area contributed by atoms with Crippen molar-refractivity contribution in [1.82, 2.24) is 0 Å². The van der Waals surface area contributed by atoms with Gasteiger partial charge in [0.25, 0.3) is 0 Å². The molecule has 0 aliphatic carbocycles. The Kier molecular flexibility index (Phi) is 11.4. The van der Waals surface area contributed by atoms with Crippen LogP contribution in [0.1, 0.15) is 84.5 Å². The molecular formula is C15H28O2. The Bertz CT molecular complexity index is 209. The van der Waals surface area contributed by atoms with Crippen molar-refractivity contribution >= 4 is 11.6 Å². The Hall–Kier alpha value is -0.660. The van der Waals surface area contributed by atoms with Crippen LogP contribution in [0.5, 0.6) is 0 Å². The SMILES string of the molecule is CCCCC(=O)CCCCCCCCC(C)=O. The third-order valence-corrected chi connectivity index (χ3v) is 3.04. The molecule has 2 heteroatoms. The number of hydrogen-bond donors (Lipinski definition) is 0. The van der Waals surface area contributed by atoms with Crippen molar-refractivity contribution in [2.75, 3.05) is 0 Å². The molecular weight excluding hydrogens is 212 g/mol. The molecule has 0 aromatic rings. The second kappa shape index (κ2) is 11.8. The second-order valence-electron chi connectivity index (χ2n) is 4.97. The van der Waals surface area contributed by atoms with Gasteiger partial charge in [-0.3, -0.25) is 4.79 Å². The largest absolute Gasteiger partial charge is 0.300 e. The van der Waals surface area contributed by atoms with Crippen LogP contribution in [-0.4, -0.2) is 11.6 Å². The van der Waals surface area contributed by atoms with Crippen LogP contribution in [0.25, 0.3) is 0 Å². The molecule has 0 amide bonds. The van der Waals surface area contributed by atoms with Crippen molar-refractivity contribution in [3.8, 4) is 0 Å².